The van der Waals surface area contributed by atoms with Gasteiger partial charge in [-0.25, -0.2) is 0 Å². The number of rotatable bonds is 5. The largest absolute Gasteiger partial charge is 0.356 e. The smallest absolute Gasteiger partial charge is 0.221 e. The van der Waals surface area contributed by atoms with Gasteiger partial charge in [0.25, 0.3) is 0 Å². The second-order valence-corrected chi connectivity index (χ2v) is 6.17. The van der Waals surface area contributed by atoms with Crippen LogP contribution in [0.3, 0.4) is 0 Å². The van der Waals surface area contributed by atoms with Crippen LogP contribution < -0.4 is 10.6 Å². The Morgan fingerprint density at radius 2 is 2.00 bits per heavy atom. The van der Waals surface area contributed by atoms with E-state index in [0.29, 0.717) is 18.4 Å². The van der Waals surface area contributed by atoms with E-state index in [2.05, 4.69) is 17.6 Å². The van der Waals surface area contributed by atoms with Crippen molar-refractivity contribution in [2.45, 2.75) is 64.3 Å². The second kappa shape index (κ2) is 7.13. The number of nitrogens with one attached hydrogen (secondary N) is 2. The van der Waals surface area contributed by atoms with E-state index in [9.17, 15) is 4.79 Å². The maximum Gasteiger partial charge on any atom is 0.221 e. The minimum absolute atomic E-state index is 0.235. The number of piperidine rings is 1. The molecule has 0 spiro atoms. The molecule has 0 aromatic carbocycles. The lowest BCUT2D eigenvalue weighted by molar-refractivity contribution is -0.122. The van der Waals surface area contributed by atoms with Gasteiger partial charge < -0.3 is 10.6 Å². The van der Waals surface area contributed by atoms with Gasteiger partial charge in [-0.15, -0.1) is 0 Å². The van der Waals surface area contributed by atoms with E-state index in [1.807, 2.05) is 0 Å². The quantitative estimate of drug-likeness (QED) is 0.789. The van der Waals surface area contributed by atoms with Gasteiger partial charge in [0.1, 0.15) is 0 Å². The van der Waals surface area contributed by atoms with Crippen LogP contribution in [-0.4, -0.2) is 25.0 Å². The lowest BCUT2D eigenvalue weighted by Gasteiger charge is -2.29. The van der Waals surface area contributed by atoms with Crippen molar-refractivity contribution in [1.82, 2.24) is 10.6 Å². The fraction of sp³-hybridized carbons (Fsp3) is 0.933. The number of hydrogen-bond donors (Lipinski definition) is 2. The zero-order valence-electron chi connectivity index (χ0n) is 11.7. The highest BCUT2D eigenvalue weighted by Crippen LogP contribution is 2.26. The van der Waals surface area contributed by atoms with E-state index < -0.39 is 0 Å². The van der Waals surface area contributed by atoms with Crippen molar-refractivity contribution in [3.05, 3.63) is 0 Å². The summed E-state index contributed by atoms with van der Waals surface area (Å²) in [6.45, 7) is 4.21. The third-order valence-electron chi connectivity index (χ3n) is 4.68. The molecule has 1 aliphatic carbocycles. The Kier molecular flexibility index (Phi) is 5.48. The van der Waals surface area contributed by atoms with Crippen LogP contribution >= 0.6 is 0 Å². The maximum absolute atomic E-state index is 11.9. The standard InChI is InChI=1S/C15H28N2O/c1-12-5-4-9-16-14(12)11-15(18)17-10-8-13-6-2-3-7-13/h12-14,16H,2-11H2,1H3,(H,17,18). The molecule has 104 valence electrons. The summed E-state index contributed by atoms with van der Waals surface area (Å²) in [5.41, 5.74) is 0. The third-order valence-corrected chi connectivity index (χ3v) is 4.68. The van der Waals surface area contributed by atoms with Gasteiger partial charge in [-0.1, -0.05) is 32.6 Å². The fourth-order valence-electron chi connectivity index (χ4n) is 3.37. The van der Waals surface area contributed by atoms with E-state index in [1.54, 1.807) is 0 Å². The first-order valence-electron chi connectivity index (χ1n) is 7.76. The van der Waals surface area contributed by atoms with E-state index in [-0.39, 0.29) is 5.91 Å². The molecule has 1 heterocycles. The summed E-state index contributed by atoms with van der Waals surface area (Å²) in [6.07, 6.45) is 9.87. The third kappa shape index (κ3) is 4.27. The van der Waals surface area contributed by atoms with Gasteiger partial charge in [-0.3, -0.25) is 4.79 Å². The number of carbonyl (C=O) groups is 1. The normalized spacial score (nSPS) is 29.4. The molecular formula is C15H28N2O. The van der Waals surface area contributed by atoms with E-state index in [0.717, 1.165) is 19.0 Å². The molecule has 1 saturated heterocycles. The average molecular weight is 252 g/mol. The van der Waals surface area contributed by atoms with Crippen molar-refractivity contribution >= 4 is 5.91 Å². The second-order valence-electron chi connectivity index (χ2n) is 6.17. The Morgan fingerprint density at radius 3 is 2.72 bits per heavy atom. The summed E-state index contributed by atoms with van der Waals surface area (Å²) in [5, 5.41) is 6.57. The summed E-state index contributed by atoms with van der Waals surface area (Å²) >= 11 is 0. The maximum atomic E-state index is 11.9. The predicted molar refractivity (Wildman–Crippen MR) is 74.4 cm³/mol. The summed E-state index contributed by atoms with van der Waals surface area (Å²) in [5.74, 6) is 1.75. The summed E-state index contributed by atoms with van der Waals surface area (Å²) in [6, 6.07) is 0.394. The molecule has 2 atom stereocenters. The first-order chi connectivity index (χ1) is 8.75. The highest BCUT2D eigenvalue weighted by Gasteiger charge is 2.23. The molecule has 1 aliphatic heterocycles. The van der Waals surface area contributed by atoms with E-state index in [4.69, 9.17) is 0 Å². The molecule has 1 amide bonds. The van der Waals surface area contributed by atoms with Gasteiger partial charge in [-0.05, 0) is 37.6 Å². The summed E-state index contributed by atoms with van der Waals surface area (Å²) in [4.78, 5) is 11.9. The minimum Gasteiger partial charge on any atom is -0.356 e. The van der Waals surface area contributed by atoms with Crippen molar-refractivity contribution in [3.8, 4) is 0 Å². The van der Waals surface area contributed by atoms with Crippen molar-refractivity contribution in [1.29, 1.82) is 0 Å². The van der Waals surface area contributed by atoms with Gasteiger partial charge in [0.15, 0.2) is 0 Å². The highest BCUT2D eigenvalue weighted by molar-refractivity contribution is 5.76. The van der Waals surface area contributed by atoms with Gasteiger partial charge in [0.05, 0.1) is 0 Å². The molecule has 2 N–H and O–H groups in total. The average Bonchev–Trinajstić information content (AvgIpc) is 2.85. The van der Waals surface area contributed by atoms with E-state index in [1.165, 1.54) is 44.9 Å². The zero-order valence-corrected chi connectivity index (χ0v) is 11.7. The molecule has 2 rings (SSSR count). The molecule has 0 aromatic heterocycles. The van der Waals surface area contributed by atoms with Crippen LogP contribution in [0.15, 0.2) is 0 Å². The predicted octanol–water partition coefficient (Wildman–Crippen LogP) is 2.46. The van der Waals surface area contributed by atoms with Crippen LogP contribution in [0, 0.1) is 11.8 Å². The van der Waals surface area contributed by atoms with E-state index >= 15 is 0 Å². The molecule has 18 heavy (non-hydrogen) atoms. The summed E-state index contributed by atoms with van der Waals surface area (Å²) in [7, 11) is 0. The van der Waals surface area contributed by atoms with Crippen molar-refractivity contribution in [2.75, 3.05) is 13.1 Å². The fourth-order valence-corrected chi connectivity index (χ4v) is 3.37. The Bertz CT molecular complexity index is 261. The number of carbonyl (C=O) groups excluding carboxylic acids is 1. The van der Waals surface area contributed by atoms with Gasteiger partial charge in [0, 0.05) is 19.0 Å². The minimum atomic E-state index is 0.235. The molecule has 0 aromatic rings. The molecule has 2 fully saturated rings. The van der Waals surface area contributed by atoms with Crippen LogP contribution in [0.2, 0.25) is 0 Å². The summed E-state index contributed by atoms with van der Waals surface area (Å²) < 4.78 is 0. The molecular weight excluding hydrogens is 224 g/mol. The lowest BCUT2D eigenvalue weighted by Crippen LogP contribution is -2.43. The number of hydrogen-bond acceptors (Lipinski definition) is 2. The van der Waals surface area contributed by atoms with Gasteiger partial charge in [0.2, 0.25) is 5.91 Å². The molecule has 2 aliphatic rings. The Morgan fingerprint density at radius 1 is 1.22 bits per heavy atom. The SMILES string of the molecule is CC1CCCNC1CC(=O)NCCC1CCCC1. The van der Waals surface area contributed by atoms with Crippen LogP contribution in [-0.2, 0) is 4.79 Å². The van der Waals surface area contributed by atoms with Crippen LogP contribution in [0.25, 0.3) is 0 Å². The molecule has 3 nitrogen and oxygen atoms in total. The molecule has 3 heteroatoms. The van der Waals surface area contributed by atoms with Crippen molar-refractivity contribution < 1.29 is 4.79 Å². The topological polar surface area (TPSA) is 41.1 Å². The van der Waals surface area contributed by atoms with Crippen LogP contribution in [0.1, 0.15) is 58.3 Å². The molecule has 0 radical (unpaired) electrons. The first kappa shape index (κ1) is 13.9. The van der Waals surface area contributed by atoms with Gasteiger partial charge >= 0.3 is 0 Å². The Labute approximate surface area is 111 Å². The monoisotopic (exact) mass is 252 g/mol. The highest BCUT2D eigenvalue weighted by atomic mass is 16.1. The lowest BCUT2D eigenvalue weighted by atomic mass is 9.90. The van der Waals surface area contributed by atoms with Crippen LogP contribution in [0.5, 0.6) is 0 Å². The van der Waals surface area contributed by atoms with Gasteiger partial charge in [-0.2, -0.15) is 0 Å². The molecule has 0 bridgehead atoms. The Balaban J connectivity index is 1.59. The van der Waals surface area contributed by atoms with Crippen LogP contribution in [0.4, 0.5) is 0 Å². The number of amides is 1. The molecule has 1 saturated carbocycles. The van der Waals surface area contributed by atoms with Crippen molar-refractivity contribution in [3.63, 3.8) is 0 Å². The first-order valence-corrected chi connectivity index (χ1v) is 7.76. The Hall–Kier alpha value is -0.570. The zero-order chi connectivity index (χ0) is 12.8. The van der Waals surface area contributed by atoms with Crippen molar-refractivity contribution in [2.24, 2.45) is 11.8 Å². The molecule has 2 unspecified atom stereocenters.